The molecule has 6 nitrogen and oxygen atoms in total. The molecule has 3 heterocycles. The van der Waals surface area contributed by atoms with Crippen molar-refractivity contribution in [2.75, 3.05) is 24.5 Å². The fraction of sp³-hybridized carbons (Fsp3) is 0.500. The van der Waals surface area contributed by atoms with E-state index in [1.54, 1.807) is 12.1 Å². The molecule has 1 fully saturated rings. The molecule has 2 aliphatic rings. The maximum Gasteiger partial charge on any atom is 0.337 e. The van der Waals surface area contributed by atoms with Gasteiger partial charge in [-0.25, -0.2) is 9.18 Å². The molecule has 3 aromatic rings. The lowest BCUT2D eigenvalue weighted by atomic mass is 9.81. The van der Waals surface area contributed by atoms with Crippen molar-refractivity contribution in [2.45, 2.75) is 92.5 Å². The van der Waals surface area contributed by atoms with Crippen LogP contribution in [-0.4, -0.2) is 46.2 Å². The average molecular weight is 622 g/mol. The number of fused-ring (bicyclic) bond motifs is 1. The number of benzene rings is 2. The first-order chi connectivity index (χ1) is 20.6. The predicted octanol–water partition coefficient (Wildman–Crippen LogP) is 8.28. The van der Waals surface area contributed by atoms with Crippen molar-refractivity contribution in [2.24, 2.45) is 5.41 Å². The van der Waals surface area contributed by atoms with Gasteiger partial charge in [0.1, 0.15) is 5.82 Å². The molecule has 0 radical (unpaired) electrons. The second-order valence-corrected chi connectivity index (χ2v) is 14.6. The van der Waals surface area contributed by atoms with Crippen LogP contribution in [0.15, 0.2) is 36.4 Å². The summed E-state index contributed by atoms with van der Waals surface area (Å²) in [7, 11) is 0. The van der Waals surface area contributed by atoms with Gasteiger partial charge >= 0.3 is 5.97 Å². The first-order valence-electron chi connectivity index (χ1n) is 15.6. The Morgan fingerprint density at radius 3 is 2.41 bits per heavy atom. The zero-order valence-electron chi connectivity index (χ0n) is 27.1. The van der Waals surface area contributed by atoms with Crippen molar-refractivity contribution in [3.63, 3.8) is 0 Å². The topological polar surface area (TPSA) is 65.9 Å². The standard InChI is InChI=1S/C36H45ClFN3O3/c1-22-30(26-9-10-27-21-40(15-12-25(27)19-26)20-24-8-11-29(38)28(37)18-24)32(41-16-13-36(6,7)14-17-41)31(23(2)39-22)33(34(42)43)44-35(3,4)5/h8-11,18-19,33H,12-17,20-21H2,1-7H3,(H,42,43). The van der Waals surface area contributed by atoms with E-state index in [0.29, 0.717) is 17.8 Å². The summed E-state index contributed by atoms with van der Waals surface area (Å²) < 4.78 is 19.9. The maximum atomic E-state index is 13.7. The number of nitrogens with zero attached hydrogens (tertiary/aromatic N) is 3. The number of halogens is 2. The van der Waals surface area contributed by atoms with Crippen LogP contribution in [-0.2, 0) is 29.0 Å². The minimum Gasteiger partial charge on any atom is -0.479 e. The number of carbonyl (C=O) groups is 1. The Kier molecular flexibility index (Phi) is 9.14. The van der Waals surface area contributed by atoms with Crippen molar-refractivity contribution in [3.05, 3.63) is 80.9 Å². The highest BCUT2D eigenvalue weighted by Crippen LogP contribution is 2.45. The van der Waals surface area contributed by atoms with Crippen molar-refractivity contribution in [1.82, 2.24) is 9.88 Å². The minimum atomic E-state index is -1.14. The number of anilines is 1. The lowest BCUT2D eigenvalue weighted by Crippen LogP contribution is -2.39. The Balaban J connectivity index is 1.56. The molecule has 0 spiro atoms. The van der Waals surface area contributed by atoms with E-state index in [-0.39, 0.29) is 10.4 Å². The SMILES string of the molecule is Cc1nc(C)c(C(OC(C)(C)C)C(=O)O)c(N2CCC(C)(C)CC2)c1-c1ccc2c(c1)CCN(Cc1ccc(F)c(Cl)c1)C2. The van der Waals surface area contributed by atoms with E-state index in [4.69, 9.17) is 21.3 Å². The number of ether oxygens (including phenoxy) is 1. The predicted molar refractivity (Wildman–Crippen MR) is 175 cm³/mol. The number of piperidine rings is 1. The van der Waals surface area contributed by atoms with Crippen molar-refractivity contribution in [3.8, 4) is 11.1 Å². The summed E-state index contributed by atoms with van der Waals surface area (Å²) in [6.07, 6.45) is 1.77. The monoisotopic (exact) mass is 621 g/mol. The fourth-order valence-corrected chi connectivity index (χ4v) is 6.76. The molecule has 1 unspecified atom stereocenters. The highest BCUT2D eigenvalue weighted by molar-refractivity contribution is 6.30. The number of aromatic nitrogens is 1. The number of carboxylic acid groups (broad SMARTS) is 1. The van der Waals surface area contributed by atoms with Gasteiger partial charge in [0.2, 0.25) is 0 Å². The molecule has 1 N–H and O–H groups in total. The summed E-state index contributed by atoms with van der Waals surface area (Å²) >= 11 is 6.03. The first-order valence-corrected chi connectivity index (χ1v) is 15.9. The highest BCUT2D eigenvalue weighted by Gasteiger charge is 2.36. The van der Waals surface area contributed by atoms with Crippen LogP contribution >= 0.6 is 11.6 Å². The Labute approximate surface area is 266 Å². The van der Waals surface area contributed by atoms with Gasteiger partial charge in [0.15, 0.2) is 6.10 Å². The molecule has 5 rings (SSSR count). The molecule has 0 bridgehead atoms. The van der Waals surface area contributed by atoms with Gasteiger partial charge in [-0.1, -0.05) is 49.7 Å². The van der Waals surface area contributed by atoms with Gasteiger partial charge in [-0.2, -0.15) is 0 Å². The molecular formula is C36H45ClFN3O3. The first kappa shape index (κ1) is 32.4. The van der Waals surface area contributed by atoms with Crippen molar-refractivity contribution >= 4 is 23.3 Å². The molecule has 236 valence electrons. The zero-order valence-corrected chi connectivity index (χ0v) is 27.8. The Hall–Kier alpha value is -3.00. The summed E-state index contributed by atoms with van der Waals surface area (Å²) in [5, 5.41) is 10.6. The zero-order chi connectivity index (χ0) is 32.0. The van der Waals surface area contributed by atoms with E-state index < -0.39 is 23.5 Å². The molecule has 1 saturated heterocycles. The molecule has 8 heteroatoms. The summed E-state index contributed by atoms with van der Waals surface area (Å²) in [6, 6.07) is 11.5. The number of pyridine rings is 1. The van der Waals surface area contributed by atoms with Crippen LogP contribution in [0.3, 0.4) is 0 Å². The summed E-state index contributed by atoms with van der Waals surface area (Å²) in [4.78, 5) is 22.4. The highest BCUT2D eigenvalue weighted by atomic mass is 35.5. The van der Waals surface area contributed by atoms with Crippen LogP contribution in [0.2, 0.25) is 5.02 Å². The molecule has 0 amide bonds. The molecular weight excluding hydrogens is 577 g/mol. The molecule has 1 atom stereocenters. The van der Waals surface area contributed by atoms with Crippen LogP contribution in [0.1, 0.15) is 87.2 Å². The molecule has 44 heavy (non-hydrogen) atoms. The van der Waals surface area contributed by atoms with E-state index in [2.05, 4.69) is 41.8 Å². The van der Waals surface area contributed by atoms with Crippen LogP contribution in [0, 0.1) is 25.1 Å². The lowest BCUT2D eigenvalue weighted by molar-refractivity contribution is -0.160. The van der Waals surface area contributed by atoms with E-state index in [9.17, 15) is 14.3 Å². The third kappa shape index (κ3) is 7.11. The van der Waals surface area contributed by atoms with Crippen molar-refractivity contribution in [1.29, 1.82) is 0 Å². The third-order valence-electron chi connectivity index (χ3n) is 8.95. The molecule has 2 aromatic carbocycles. The number of carboxylic acids is 1. The molecule has 0 aliphatic carbocycles. The van der Waals surface area contributed by atoms with E-state index in [1.807, 2.05) is 34.6 Å². The normalized spacial score (nSPS) is 17.8. The average Bonchev–Trinajstić information content (AvgIpc) is 2.93. The summed E-state index contributed by atoms with van der Waals surface area (Å²) in [5.41, 5.74) is 8.31. The van der Waals surface area contributed by atoms with Crippen molar-refractivity contribution < 1.29 is 19.0 Å². The quantitative estimate of drug-likeness (QED) is 0.286. The van der Waals surface area contributed by atoms with E-state index >= 15 is 0 Å². The Morgan fingerprint density at radius 2 is 1.77 bits per heavy atom. The van der Waals surface area contributed by atoms with Crippen LogP contribution in [0.25, 0.3) is 11.1 Å². The fourth-order valence-electron chi connectivity index (χ4n) is 6.55. The smallest absolute Gasteiger partial charge is 0.337 e. The number of aliphatic carboxylic acids is 1. The molecule has 2 aliphatic heterocycles. The maximum absolute atomic E-state index is 13.7. The summed E-state index contributed by atoms with van der Waals surface area (Å²) in [5.74, 6) is -1.41. The van der Waals surface area contributed by atoms with E-state index in [0.717, 1.165) is 73.5 Å². The summed E-state index contributed by atoms with van der Waals surface area (Å²) in [6.45, 7) is 18.2. The lowest BCUT2D eigenvalue weighted by Gasteiger charge is -2.41. The number of aryl methyl sites for hydroxylation is 2. The largest absolute Gasteiger partial charge is 0.479 e. The van der Waals surface area contributed by atoms with Crippen LogP contribution in [0.4, 0.5) is 10.1 Å². The van der Waals surface area contributed by atoms with E-state index in [1.165, 1.54) is 17.2 Å². The molecule has 1 aromatic heterocycles. The minimum absolute atomic E-state index is 0.150. The van der Waals surface area contributed by atoms with Gasteiger partial charge in [0, 0.05) is 55.2 Å². The van der Waals surface area contributed by atoms with Gasteiger partial charge in [0.25, 0.3) is 0 Å². The third-order valence-corrected chi connectivity index (χ3v) is 9.24. The van der Waals surface area contributed by atoms with Gasteiger partial charge in [-0.3, -0.25) is 9.88 Å². The van der Waals surface area contributed by atoms with Crippen LogP contribution in [0.5, 0.6) is 0 Å². The van der Waals surface area contributed by atoms with Gasteiger partial charge < -0.3 is 14.7 Å². The number of hydrogen-bond acceptors (Lipinski definition) is 5. The number of rotatable bonds is 7. The molecule has 0 saturated carbocycles. The second kappa shape index (κ2) is 12.4. The number of hydrogen-bond donors (Lipinski definition) is 1. The van der Waals surface area contributed by atoms with Crippen LogP contribution < -0.4 is 4.90 Å². The Bertz CT molecular complexity index is 1560. The van der Waals surface area contributed by atoms with Gasteiger partial charge in [0.05, 0.1) is 16.3 Å². The second-order valence-electron chi connectivity index (χ2n) is 14.2. The van der Waals surface area contributed by atoms with Gasteiger partial charge in [-0.05, 0) is 93.7 Å². The Morgan fingerprint density at radius 1 is 1.07 bits per heavy atom. The van der Waals surface area contributed by atoms with Gasteiger partial charge in [-0.15, -0.1) is 0 Å².